The standard InChI is InChI=1S/C17H22N4O3/c1-11-16(12(2)19-17(18-11)21(3)4)20-15(22)10-24-14-8-6-13(23-5)7-9-14/h6-9H,10H2,1-5H3,(H,20,22). The van der Waals surface area contributed by atoms with Crippen molar-refractivity contribution in [2.45, 2.75) is 13.8 Å². The second-order valence-corrected chi connectivity index (χ2v) is 5.48. The predicted octanol–water partition coefficient (Wildman–Crippen LogP) is 2.19. The van der Waals surface area contributed by atoms with E-state index in [1.807, 2.05) is 32.8 Å². The quantitative estimate of drug-likeness (QED) is 0.875. The number of ether oxygens (including phenoxy) is 2. The highest BCUT2D eigenvalue weighted by atomic mass is 16.5. The van der Waals surface area contributed by atoms with Gasteiger partial charge in [-0.15, -0.1) is 0 Å². The summed E-state index contributed by atoms with van der Waals surface area (Å²) in [7, 11) is 5.34. The van der Waals surface area contributed by atoms with E-state index in [-0.39, 0.29) is 12.5 Å². The number of anilines is 2. The fourth-order valence-corrected chi connectivity index (χ4v) is 2.08. The third-order valence-corrected chi connectivity index (χ3v) is 3.35. The molecule has 0 unspecified atom stereocenters. The second-order valence-electron chi connectivity index (χ2n) is 5.48. The normalized spacial score (nSPS) is 10.2. The van der Waals surface area contributed by atoms with Crippen molar-refractivity contribution in [3.8, 4) is 11.5 Å². The first-order valence-corrected chi connectivity index (χ1v) is 7.50. The number of hydrogen-bond donors (Lipinski definition) is 1. The van der Waals surface area contributed by atoms with Gasteiger partial charge in [-0.25, -0.2) is 9.97 Å². The number of nitrogens with one attached hydrogen (secondary N) is 1. The van der Waals surface area contributed by atoms with Crippen LogP contribution in [0.2, 0.25) is 0 Å². The summed E-state index contributed by atoms with van der Waals surface area (Å²) in [6.45, 7) is 3.57. The first kappa shape index (κ1) is 17.5. The van der Waals surface area contributed by atoms with Crippen molar-refractivity contribution in [3.05, 3.63) is 35.7 Å². The minimum atomic E-state index is -0.266. The summed E-state index contributed by atoms with van der Waals surface area (Å²) >= 11 is 0. The molecule has 2 rings (SSSR count). The number of carbonyl (C=O) groups is 1. The number of aromatic nitrogens is 2. The average molecular weight is 330 g/mol. The number of methoxy groups -OCH3 is 1. The molecule has 1 aromatic heterocycles. The SMILES string of the molecule is COc1ccc(OCC(=O)Nc2c(C)nc(N(C)C)nc2C)cc1. The Hall–Kier alpha value is -2.83. The summed E-state index contributed by atoms with van der Waals surface area (Å²) in [5, 5.41) is 2.81. The zero-order valence-electron chi connectivity index (χ0n) is 14.6. The molecule has 24 heavy (non-hydrogen) atoms. The molecule has 1 aromatic carbocycles. The Balaban J connectivity index is 1.99. The van der Waals surface area contributed by atoms with E-state index in [0.29, 0.717) is 28.8 Å². The zero-order valence-corrected chi connectivity index (χ0v) is 14.6. The van der Waals surface area contributed by atoms with Gasteiger partial charge in [0.2, 0.25) is 5.95 Å². The van der Waals surface area contributed by atoms with E-state index in [4.69, 9.17) is 9.47 Å². The highest BCUT2D eigenvalue weighted by Gasteiger charge is 2.13. The molecule has 1 heterocycles. The van der Waals surface area contributed by atoms with Crippen LogP contribution in [0.3, 0.4) is 0 Å². The largest absolute Gasteiger partial charge is 0.497 e. The molecule has 0 bridgehead atoms. The van der Waals surface area contributed by atoms with Crippen LogP contribution in [0.15, 0.2) is 24.3 Å². The van der Waals surface area contributed by atoms with Gasteiger partial charge < -0.3 is 19.7 Å². The lowest BCUT2D eigenvalue weighted by Crippen LogP contribution is -2.22. The van der Waals surface area contributed by atoms with Crippen molar-refractivity contribution in [3.63, 3.8) is 0 Å². The molecule has 0 aliphatic heterocycles. The lowest BCUT2D eigenvalue weighted by molar-refractivity contribution is -0.118. The van der Waals surface area contributed by atoms with E-state index in [9.17, 15) is 4.79 Å². The number of carbonyl (C=O) groups excluding carboxylic acids is 1. The summed E-state index contributed by atoms with van der Waals surface area (Å²) in [4.78, 5) is 22.7. The molecule has 7 heteroatoms. The number of aryl methyl sites for hydroxylation is 2. The molecule has 0 spiro atoms. The number of benzene rings is 1. The summed E-state index contributed by atoms with van der Waals surface area (Å²) in [5.41, 5.74) is 2.04. The molecule has 0 fully saturated rings. The van der Waals surface area contributed by atoms with Crippen LogP contribution in [0.4, 0.5) is 11.6 Å². The van der Waals surface area contributed by atoms with Crippen LogP contribution >= 0.6 is 0 Å². The van der Waals surface area contributed by atoms with Gasteiger partial charge in [0.05, 0.1) is 24.2 Å². The van der Waals surface area contributed by atoms with Gasteiger partial charge in [0.25, 0.3) is 5.91 Å². The Morgan fingerprint density at radius 1 is 1.08 bits per heavy atom. The van der Waals surface area contributed by atoms with Crippen LogP contribution in [0.5, 0.6) is 11.5 Å². The van der Waals surface area contributed by atoms with Crippen LogP contribution in [0.1, 0.15) is 11.4 Å². The van der Waals surface area contributed by atoms with E-state index in [2.05, 4.69) is 15.3 Å². The first-order valence-electron chi connectivity index (χ1n) is 7.50. The van der Waals surface area contributed by atoms with E-state index in [0.717, 1.165) is 5.75 Å². The summed E-state index contributed by atoms with van der Waals surface area (Å²) in [6, 6.07) is 7.04. The van der Waals surface area contributed by atoms with Crippen molar-refractivity contribution >= 4 is 17.5 Å². The first-order chi connectivity index (χ1) is 11.4. The maximum atomic E-state index is 12.1. The maximum Gasteiger partial charge on any atom is 0.262 e. The Labute approximate surface area is 141 Å². The molecule has 7 nitrogen and oxygen atoms in total. The lowest BCUT2D eigenvalue weighted by atomic mass is 10.3. The molecular weight excluding hydrogens is 308 g/mol. The van der Waals surface area contributed by atoms with E-state index in [1.54, 1.807) is 31.4 Å². The minimum absolute atomic E-state index is 0.0966. The molecule has 1 N–H and O–H groups in total. The Morgan fingerprint density at radius 3 is 2.12 bits per heavy atom. The molecule has 0 aliphatic carbocycles. The lowest BCUT2D eigenvalue weighted by Gasteiger charge is -2.15. The van der Waals surface area contributed by atoms with Gasteiger partial charge in [-0.1, -0.05) is 0 Å². The van der Waals surface area contributed by atoms with E-state index >= 15 is 0 Å². The second kappa shape index (κ2) is 7.63. The van der Waals surface area contributed by atoms with Crippen molar-refractivity contribution in [2.75, 3.05) is 38.0 Å². The minimum Gasteiger partial charge on any atom is -0.497 e. The molecule has 128 valence electrons. The highest BCUT2D eigenvalue weighted by Crippen LogP contribution is 2.20. The van der Waals surface area contributed by atoms with E-state index < -0.39 is 0 Å². The van der Waals surface area contributed by atoms with Crippen molar-refractivity contribution < 1.29 is 14.3 Å². The fraction of sp³-hybridized carbons (Fsp3) is 0.353. The average Bonchev–Trinajstić information content (AvgIpc) is 2.56. The molecule has 2 aromatic rings. The molecule has 0 saturated carbocycles. The number of amides is 1. The number of hydrogen-bond acceptors (Lipinski definition) is 6. The van der Waals surface area contributed by atoms with Gasteiger partial charge in [-0.3, -0.25) is 4.79 Å². The van der Waals surface area contributed by atoms with Crippen molar-refractivity contribution in [1.29, 1.82) is 0 Å². The van der Waals surface area contributed by atoms with Gasteiger partial charge in [0, 0.05) is 14.1 Å². The predicted molar refractivity (Wildman–Crippen MR) is 93.0 cm³/mol. The highest BCUT2D eigenvalue weighted by molar-refractivity contribution is 5.93. The summed E-state index contributed by atoms with van der Waals surface area (Å²) in [5.74, 6) is 1.67. The molecule has 0 radical (unpaired) electrons. The maximum absolute atomic E-state index is 12.1. The topological polar surface area (TPSA) is 76.6 Å². The monoisotopic (exact) mass is 330 g/mol. The third kappa shape index (κ3) is 4.34. The molecule has 0 atom stereocenters. The number of nitrogens with zero attached hydrogens (tertiary/aromatic N) is 3. The van der Waals surface area contributed by atoms with E-state index in [1.165, 1.54) is 0 Å². The molecule has 0 aliphatic rings. The van der Waals surface area contributed by atoms with Gasteiger partial charge in [-0.2, -0.15) is 0 Å². The Bertz CT molecular complexity index is 691. The van der Waals surface area contributed by atoms with Crippen LogP contribution in [-0.2, 0) is 4.79 Å². The molecular formula is C17H22N4O3. The van der Waals surface area contributed by atoms with Crippen LogP contribution in [-0.4, -0.2) is 43.7 Å². The zero-order chi connectivity index (χ0) is 17.7. The number of rotatable bonds is 6. The Morgan fingerprint density at radius 2 is 1.62 bits per heavy atom. The van der Waals surface area contributed by atoms with Crippen LogP contribution < -0.4 is 19.7 Å². The fourth-order valence-electron chi connectivity index (χ4n) is 2.08. The van der Waals surface area contributed by atoms with Crippen LogP contribution in [0.25, 0.3) is 0 Å². The van der Waals surface area contributed by atoms with Gasteiger partial charge in [0.15, 0.2) is 6.61 Å². The molecule has 1 amide bonds. The summed E-state index contributed by atoms with van der Waals surface area (Å²) in [6.07, 6.45) is 0. The van der Waals surface area contributed by atoms with Gasteiger partial charge >= 0.3 is 0 Å². The molecule has 0 saturated heterocycles. The van der Waals surface area contributed by atoms with Gasteiger partial charge in [0.1, 0.15) is 11.5 Å². The van der Waals surface area contributed by atoms with Gasteiger partial charge in [-0.05, 0) is 38.1 Å². The smallest absolute Gasteiger partial charge is 0.262 e. The third-order valence-electron chi connectivity index (χ3n) is 3.35. The van der Waals surface area contributed by atoms with Crippen LogP contribution in [0, 0.1) is 13.8 Å². The van der Waals surface area contributed by atoms with Crippen molar-refractivity contribution in [2.24, 2.45) is 0 Å². The summed E-state index contributed by atoms with van der Waals surface area (Å²) < 4.78 is 10.5. The van der Waals surface area contributed by atoms with Crippen molar-refractivity contribution in [1.82, 2.24) is 9.97 Å². The Kier molecular flexibility index (Phi) is 5.57.